The van der Waals surface area contributed by atoms with E-state index >= 15 is 0 Å². The van der Waals surface area contributed by atoms with Gasteiger partial charge in [-0.25, -0.2) is 13.1 Å². The number of allylic oxidation sites excluding steroid dienone is 1. The molecule has 2 aromatic rings. The highest BCUT2D eigenvalue weighted by atomic mass is 35.5. The van der Waals surface area contributed by atoms with E-state index in [-0.39, 0.29) is 23.9 Å². The van der Waals surface area contributed by atoms with E-state index in [9.17, 15) is 13.2 Å². The smallest absolute Gasteiger partial charge is 0.229 e. The minimum absolute atomic E-state index is 0.0347. The summed E-state index contributed by atoms with van der Waals surface area (Å²) in [4.78, 5) is 16.6. The monoisotopic (exact) mass is 576 g/mol. The van der Waals surface area contributed by atoms with E-state index in [4.69, 9.17) is 23.2 Å². The number of hydrogen-bond acceptors (Lipinski definition) is 3. The molecular formula is C30H38Cl2N2O3S. The van der Waals surface area contributed by atoms with Crippen LogP contribution in [0.5, 0.6) is 0 Å². The molecule has 0 bridgehead atoms. The van der Waals surface area contributed by atoms with Crippen LogP contribution < -0.4 is 4.72 Å². The topological polar surface area (TPSA) is 66.5 Å². The van der Waals surface area contributed by atoms with Gasteiger partial charge in [-0.2, -0.15) is 0 Å². The van der Waals surface area contributed by atoms with Gasteiger partial charge in [0.2, 0.25) is 15.9 Å². The van der Waals surface area contributed by atoms with Gasteiger partial charge in [0.15, 0.2) is 0 Å². The lowest BCUT2D eigenvalue weighted by molar-refractivity contribution is -0.155. The van der Waals surface area contributed by atoms with Gasteiger partial charge in [-0.3, -0.25) is 4.79 Å². The molecule has 1 amide bonds. The van der Waals surface area contributed by atoms with Crippen molar-refractivity contribution in [2.24, 2.45) is 5.41 Å². The van der Waals surface area contributed by atoms with Crippen LogP contribution >= 0.6 is 23.2 Å². The molecule has 1 aliphatic heterocycles. The summed E-state index contributed by atoms with van der Waals surface area (Å²) in [7, 11) is -2.01. The average molecular weight is 578 g/mol. The first-order valence-corrected chi connectivity index (χ1v) is 15.6. The first kappa shape index (κ1) is 29.1. The summed E-state index contributed by atoms with van der Waals surface area (Å²) in [5.41, 5.74) is 1.42. The van der Waals surface area contributed by atoms with Crippen LogP contribution in [-0.2, 0) is 14.8 Å². The van der Waals surface area contributed by atoms with Gasteiger partial charge in [-0.1, -0.05) is 67.4 Å². The summed E-state index contributed by atoms with van der Waals surface area (Å²) >= 11 is 12.7. The maximum Gasteiger partial charge on any atom is 0.229 e. The highest BCUT2D eigenvalue weighted by Gasteiger charge is 2.58. The van der Waals surface area contributed by atoms with Crippen LogP contribution in [0.2, 0.25) is 10.0 Å². The summed E-state index contributed by atoms with van der Waals surface area (Å²) in [5.74, 6) is 0.0367. The summed E-state index contributed by atoms with van der Waals surface area (Å²) in [6.45, 7) is 7.99. The first-order chi connectivity index (χ1) is 18.0. The van der Waals surface area contributed by atoms with Crippen LogP contribution in [0.25, 0.3) is 0 Å². The van der Waals surface area contributed by atoms with Crippen molar-refractivity contribution in [3.63, 3.8) is 0 Å². The number of likely N-dealkylation sites (tertiary alicyclic amines) is 1. The molecule has 1 aliphatic carbocycles. The fraction of sp³-hybridized carbons (Fsp3) is 0.500. The number of carbonyl (C=O) groups excluding carboxylic acids is 1. The molecule has 5 nitrogen and oxygen atoms in total. The van der Waals surface area contributed by atoms with Gasteiger partial charge in [0.1, 0.15) is 0 Å². The van der Waals surface area contributed by atoms with Crippen LogP contribution in [0.1, 0.15) is 81.9 Å². The molecule has 0 radical (unpaired) electrons. The maximum absolute atomic E-state index is 14.5. The molecule has 1 unspecified atom stereocenters. The number of sulfonamides is 1. The lowest BCUT2D eigenvalue weighted by Crippen LogP contribution is -2.56. The molecule has 206 valence electrons. The van der Waals surface area contributed by atoms with Crippen LogP contribution in [0.15, 0.2) is 61.2 Å². The predicted molar refractivity (Wildman–Crippen MR) is 156 cm³/mol. The van der Waals surface area contributed by atoms with Crippen LogP contribution in [0, 0.1) is 5.41 Å². The molecule has 4 rings (SSSR count). The highest BCUT2D eigenvalue weighted by Crippen LogP contribution is 2.55. The molecule has 1 N–H and O–H groups in total. The van der Waals surface area contributed by atoms with Crippen molar-refractivity contribution in [2.45, 2.75) is 81.5 Å². The molecule has 8 heteroatoms. The van der Waals surface area contributed by atoms with E-state index in [1.54, 1.807) is 0 Å². The lowest BCUT2D eigenvalue weighted by Gasteiger charge is -2.52. The Morgan fingerprint density at radius 3 is 2.37 bits per heavy atom. The SMILES string of the molecule is C=CCCC1(C)C[C@H](c2cccc(Cl)c2)[C@@H](c2ccc(Cl)cc2)N([C@@H](CC)CC2(S(=O)(=O)NC)CC2)C1=O. The van der Waals surface area contributed by atoms with Crippen molar-refractivity contribution >= 4 is 39.1 Å². The van der Waals surface area contributed by atoms with Gasteiger partial charge >= 0.3 is 0 Å². The Morgan fingerprint density at radius 2 is 1.82 bits per heavy atom. The van der Waals surface area contributed by atoms with Crippen molar-refractivity contribution in [1.29, 1.82) is 0 Å². The first-order valence-electron chi connectivity index (χ1n) is 13.4. The number of nitrogens with zero attached hydrogens (tertiary/aromatic N) is 1. The fourth-order valence-corrected chi connectivity index (χ4v) is 8.05. The molecule has 1 heterocycles. The Hall–Kier alpha value is -1.86. The molecule has 0 aromatic heterocycles. The molecule has 2 aromatic carbocycles. The van der Waals surface area contributed by atoms with Gasteiger partial charge < -0.3 is 4.90 Å². The molecule has 4 atom stereocenters. The largest absolute Gasteiger partial charge is 0.332 e. The molecule has 0 spiro atoms. The minimum Gasteiger partial charge on any atom is -0.332 e. The minimum atomic E-state index is -3.49. The van der Waals surface area contributed by atoms with Crippen LogP contribution in [-0.4, -0.2) is 37.1 Å². The van der Waals surface area contributed by atoms with Crippen molar-refractivity contribution in [1.82, 2.24) is 9.62 Å². The number of hydrogen-bond donors (Lipinski definition) is 1. The van der Waals surface area contributed by atoms with Gasteiger partial charge in [0.25, 0.3) is 0 Å². The Labute approximate surface area is 237 Å². The van der Waals surface area contributed by atoms with Crippen LogP contribution in [0.4, 0.5) is 0 Å². The Morgan fingerprint density at radius 1 is 1.13 bits per heavy atom. The van der Waals surface area contributed by atoms with Crippen molar-refractivity contribution < 1.29 is 13.2 Å². The lowest BCUT2D eigenvalue weighted by atomic mass is 9.66. The molecule has 2 fully saturated rings. The Kier molecular flexibility index (Phi) is 8.68. The van der Waals surface area contributed by atoms with Gasteiger partial charge in [-0.05, 0) is 87.4 Å². The highest BCUT2D eigenvalue weighted by molar-refractivity contribution is 7.91. The molecule has 2 aliphatic rings. The van der Waals surface area contributed by atoms with E-state index < -0.39 is 20.2 Å². The number of nitrogens with one attached hydrogen (secondary N) is 1. The maximum atomic E-state index is 14.5. The van der Waals surface area contributed by atoms with Crippen LogP contribution in [0.3, 0.4) is 0 Å². The normalized spacial score (nSPS) is 25.7. The Balaban J connectivity index is 1.88. The van der Waals surface area contributed by atoms with E-state index in [2.05, 4.69) is 17.4 Å². The zero-order valence-electron chi connectivity index (χ0n) is 22.4. The van der Waals surface area contributed by atoms with Gasteiger partial charge in [0.05, 0.1) is 10.8 Å². The van der Waals surface area contributed by atoms with E-state index in [0.29, 0.717) is 48.6 Å². The number of carbonyl (C=O) groups is 1. The van der Waals surface area contributed by atoms with Crippen molar-refractivity contribution in [2.75, 3.05) is 7.05 Å². The zero-order valence-corrected chi connectivity index (χ0v) is 24.7. The third-order valence-electron chi connectivity index (χ3n) is 8.61. The standard InChI is InChI=1S/C30H38Cl2N2O3S/c1-5-7-15-29(3)20-26(22-9-8-10-24(32)18-22)27(21-11-13-23(31)14-12-21)34(28(29)35)25(6-2)19-30(16-17-30)38(36,37)33-4/h5,8-14,18,25-27,33H,1,6-7,15-17,19-20H2,2-4H3/t25-,26+,27+,29?/m0/s1. The second-order valence-corrected chi connectivity index (χ2v) is 14.3. The van der Waals surface area contributed by atoms with E-state index in [0.717, 1.165) is 17.5 Å². The van der Waals surface area contributed by atoms with Crippen molar-refractivity contribution in [3.8, 4) is 0 Å². The fourth-order valence-electron chi connectivity index (χ4n) is 6.24. The molecular weight excluding hydrogens is 539 g/mol. The molecule has 38 heavy (non-hydrogen) atoms. The third kappa shape index (κ3) is 5.56. The second kappa shape index (κ2) is 11.3. The second-order valence-electron chi connectivity index (χ2n) is 11.1. The quantitative estimate of drug-likeness (QED) is 0.286. The number of rotatable bonds is 11. The summed E-state index contributed by atoms with van der Waals surface area (Å²) in [6, 6.07) is 15.0. The van der Waals surface area contributed by atoms with Gasteiger partial charge in [0, 0.05) is 27.4 Å². The Bertz CT molecular complexity index is 1280. The van der Waals surface area contributed by atoms with Gasteiger partial charge in [-0.15, -0.1) is 6.58 Å². The van der Waals surface area contributed by atoms with E-state index in [1.807, 2.05) is 67.3 Å². The number of halogens is 2. The number of amides is 1. The molecule has 1 saturated carbocycles. The number of benzene rings is 2. The van der Waals surface area contributed by atoms with E-state index in [1.165, 1.54) is 7.05 Å². The average Bonchev–Trinajstić information content (AvgIpc) is 3.70. The zero-order chi connectivity index (χ0) is 27.7. The third-order valence-corrected chi connectivity index (χ3v) is 11.3. The predicted octanol–water partition coefficient (Wildman–Crippen LogP) is 7.27. The summed E-state index contributed by atoms with van der Waals surface area (Å²) in [6.07, 6.45) is 6.17. The van der Waals surface area contributed by atoms with Crippen molar-refractivity contribution in [3.05, 3.63) is 82.4 Å². The molecule has 1 saturated heterocycles. The summed E-state index contributed by atoms with van der Waals surface area (Å²) in [5, 5.41) is 1.28. The number of piperidine rings is 1. The summed E-state index contributed by atoms with van der Waals surface area (Å²) < 4.78 is 27.8.